The molecule has 0 aliphatic carbocycles. The van der Waals surface area contributed by atoms with Crippen LogP contribution in [0.5, 0.6) is 0 Å². The van der Waals surface area contributed by atoms with E-state index in [-0.39, 0.29) is 18.5 Å². The SMILES string of the molecule is CC(C)N(Cc1ccc(NC(=O)c2cnc3ccnn3c2)cn1)CC(F)C(C)(C)O. The molecule has 3 heterocycles. The standard InChI is InChI=1S/C21H27FN6O2/c1-14(2)27(13-18(22)21(3,4)30)12-17-6-5-16(10-23-17)26-20(29)15-9-24-19-7-8-25-28(19)11-15/h5-11,14,18,30H,12-13H2,1-4H3,(H,26,29). The van der Waals surface area contributed by atoms with Crippen LogP contribution in [0, 0.1) is 0 Å². The summed E-state index contributed by atoms with van der Waals surface area (Å²) in [7, 11) is 0. The number of fused-ring (bicyclic) bond motifs is 1. The van der Waals surface area contributed by atoms with Crippen molar-refractivity contribution in [2.24, 2.45) is 0 Å². The minimum atomic E-state index is -1.40. The average molecular weight is 414 g/mol. The number of nitrogens with one attached hydrogen (secondary N) is 1. The van der Waals surface area contributed by atoms with E-state index in [9.17, 15) is 14.3 Å². The average Bonchev–Trinajstić information content (AvgIpc) is 3.15. The molecule has 3 aromatic heterocycles. The Morgan fingerprint density at radius 3 is 2.67 bits per heavy atom. The Morgan fingerprint density at radius 2 is 2.03 bits per heavy atom. The van der Waals surface area contributed by atoms with Crippen molar-refractivity contribution in [2.75, 3.05) is 11.9 Å². The van der Waals surface area contributed by atoms with E-state index in [1.54, 1.807) is 36.8 Å². The van der Waals surface area contributed by atoms with Gasteiger partial charge in [-0.25, -0.2) is 13.9 Å². The highest BCUT2D eigenvalue weighted by Crippen LogP contribution is 2.17. The van der Waals surface area contributed by atoms with Gasteiger partial charge < -0.3 is 10.4 Å². The summed E-state index contributed by atoms with van der Waals surface area (Å²) in [6.07, 6.45) is 4.90. The number of carbonyl (C=O) groups is 1. The van der Waals surface area contributed by atoms with Gasteiger partial charge in [0.25, 0.3) is 5.91 Å². The number of rotatable bonds is 8. The molecule has 0 aliphatic heterocycles. The van der Waals surface area contributed by atoms with Gasteiger partial charge in [0.05, 0.1) is 34.9 Å². The van der Waals surface area contributed by atoms with Gasteiger partial charge in [0.1, 0.15) is 6.17 Å². The number of amides is 1. The maximum absolute atomic E-state index is 14.3. The monoisotopic (exact) mass is 414 g/mol. The molecule has 0 aromatic carbocycles. The van der Waals surface area contributed by atoms with Crippen molar-refractivity contribution in [1.82, 2.24) is 24.5 Å². The van der Waals surface area contributed by atoms with Crippen LogP contribution >= 0.6 is 0 Å². The number of aromatic nitrogens is 4. The van der Waals surface area contributed by atoms with Crippen molar-refractivity contribution in [1.29, 1.82) is 0 Å². The Labute approximate surface area is 174 Å². The van der Waals surface area contributed by atoms with Crippen LogP contribution < -0.4 is 5.32 Å². The topological polar surface area (TPSA) is 95.7 Å². The fourth-order valence-electron chi connectivity index (χ4n) is 2.82. The molecule has 0 fully saturated rings. The first kappa shape index (κ1) is 21.8. The van der Waals surface area contributed by atoms with Gasteiger partial charge in [0, 0.05) is 37.6 Å². The van der Waals surface area contributed by atoms with E-state index in [0.29, 0.717) is 23.4 Å². The lowest BCUT2D eigenvalue weighted by Gasteiger charge is -2.31. The predicted molar refractivity (Wildman–Crippen MR) is 112 cm³/mol. The number of aliphatic hydroxyl groups is 1. The van der Waals surface area contributed by atoms with Crippen molar-refractivity contribution in [3.63, 3.8) is 0 Å². The Hall–Kier alpha value is -2.91. The minimum absolute atomic E-state index is 0.0801. The van der Waals surface area contributed by atoms with Gasteiger partial charge in [-0.2, -0.15) is 5.10 Å². The number of pyridine rings is 1. The lowest BCUT2D eigenvalue weighted by Crippen LogP contribution is -2.44. The predicted octanol–water partition coefficient (Wildman–Crippen LogP) is 2.70. The van der Waals surface area contributed by atoms with Crippen LogP contribution in [-0.4, -0.2) is 59.9 Å². The molecule has 8 nitrogen and oxygen atoms in total. The summed E-state index contributed by atoms with van der Waals surface area (Å²) in [6.45, 7) is 7.40. The van der Waals surface area contributed by atoms with Crippen molar-refractivity contribution < 1.29 is 14.3 Å². The summed E-state index contributed by atoms with van der Waals surface area (Å²) in [5.41, 5.74) is 0.918. The fourth-order valence-corrected chi connectivity index (χ4v) is 2.82. The second-order valence-corrected chi connectivity index (χ2v) is 8.11. The Morgan fingerprint density at radius 1 is 1.27 bits per heavy atom. The van der Waals surface area contributed by atoms with Crippen LogP contribution in [0.1, 0.15) is 43.7 Å². The van der Waals surface area contributed by atoms with E-state index in [2.05, 4.69) is 20.4 Å². The van der Waals surface area contributed by atoms with Crippen molar-refractivity contribution >= 4 is 17.2 Å². The highest BCUT2D eigenvalue weighted by molar-refractivity contribution is 6.03. The molecule has 0 saturated heterocycles. The molecule has 0 saturated carbocycles. The highest BCUT2D eigenvalue weighted by atomic mass is 19.1. The molecular weight excluding hydrogens is 387 g/mol. The molecule has 3 aromatic rings. The van der Waals surface area contributed by atoms with E-state index in [0.717, 1.165) is 5.69 Å². The van der Waals surface area contributed by atoms with Crippen LogP contribution in [0.25, 0.3) is 5.65 Å². The van der Waals surface area contributed by atoms with Gasteiger partial charge >= 0.3 is 0 Å². The van der Waals surface area contributed by atoms with Crippen molar-refractivity contribution in [3.8, 4) is 0 Å². The minimum Gasteiger partial charge on any atom is -0.387 e. The molecule has 30 heavy (non-hydrogen) atoms. The van der Waals surface area contributed by atoms with Gasteiger partial charge in [0.2, 0.25) is 0 Å². The number of alkyl halides is 1. The van der Waals surface area contributed by atoms with E-state index in [4.69, 9.17) is 0 Å². The molecule has 1 amide bonds. The van der Waals surface area contributed by atoms with Crippen LogP contribution in [-0.2, 0) is 6.54 Å². The quantitative estimate of drug-likeness (QED) is 0.588. The Bertz CT molecular complexity index is 997. The fraction of sp³-hybridized carbons (Fsp3) is 0.429. The van der Waals surface area contributed by atoms with E-state index < -0.39 is 11.8 Å². The molecule has 3 rings (SSSR count). The summed E-state index contributed by atoms with van der Waals surface area (Å²) in [5.74, 6) is -0.316. The van der Waals surface area contributed by atoms with Crippen LogP contribution in [0.3, 0.4) is 0 Å². The third-order valence-electron chi connectivity index (χ3n) is 4.85. The largest absolute Gasteiger partial charge is 0.387 e. The summed E-state index contributed by atoms with van der Waals surface area (Å²) in [5, 5.41) is 16.7. The molecule has 1 unspecified atom stereocenters. The van der Waals surface area contributed by atoms with Crippen molar-refractivity contribution in [3.05, 3.63) is 54.2 Å². The number of anilines is 1. The lowest BCUT2D eigenvalue weighted by atomic mass is 10.0. The summed E-state index contributed by atoms with van der Waals surface area (Å²) in [6, 6.07) is 5.37. The number of nitrogens with zero attached hydrogens (tertiary/aromatic N) is 5. The van der Waals surface area contributed by atoms with E-state index in [1.165, 1.54) is 24.6 Å². The van der Waals surface area contributed by atoms with Crippen LogP contribution in [0.4, 0.5) is 10.1 Å². The second-order valence-electron chi connectivity index (χ2n) is 8.11. The molecule has 1 atom stereocenters. The number of carbonyl (C=O) groups excluding carboxylic acids is 1. The molecule has 9 heteroatoms. The smallest absolute Gasteiger partial charge is 0.258 e. The van der Waals surface area contributed by atoms with Crippen LogP contribution in [0.15, 0.2) is 43.0 Å². The molecule has 160 valence electrons. The maximum Gasteiger partial charge on any atom is 0.258 e. The number of halogens is 1. The van der Waals surface area contributed by atoms with Gasteiger partial charge in [-0.1, -0.05) is 0 Å². The molecular formula is C21H27FN6O2. The molecule has 0 aliphatic rings. The van der Waals surface area contributed by atoms with E-state index in [1.807, 2.05) is 18.7 Å². The van der Waals surface area contributed by atoms with E-state index >= 15 is 0 Å². The third-order valence-corrected chi connectivity index (χ3v) is 4.85. The normalized spacial score (nSPS) is 13.2. The molecule has 2 N–H and O–H groups in total. The summed E-state index contributed by atoms with van der Waals surface area (Å²) >= 11 is 0. The first-order valence-corrected chi connectivity index (χ1v) is 9.79. The summed E-state index contributed by atoms with van der Waals surface area (Å²) in [4.78, 5) is 22.9. The first-order chi connectivity index (χ1) is 14.1. The van der Waals surface area contributed by atoms with Gasteiger partial charge in [-0.15, -0.1) is 0 Å². The van der Waals surface area contributed by atoms with Crippen molar-refractivity contribution in [2.45, 2.75) is 52.1 Å². The molecule has 0 radical (unpaired) electrons. The highest BCUT2D eigenvalue weighted by Gasteiger charge is 2.29. The lowest BCUT2D eigenvalue weighted by molar-refractivity contribution is -0.0238. The van der Waals surface area contributed by atoms with Crippen LogP contribution in [0.2, 0.25) is 0 Å². The van der Waals surface area contributed by atoms with Gasteiger partial charge in [0.15, 0.2) is 5.65 Å². The second kappa shape index (κ2) is 8.85. The Kier molecular flexibility index (Phi) is 6.42. The number of hydrogen-bond acceptors (Lipinski definition) is 6. The zero-order valence-electron chi connectivity index (χ0n) is 17.6. The Balaban J connectivity index is 1.63. The first-order valence-electron chi connectivity index (χ1n) is 9.79. The maximum atomic E-state index is 14.3. The zero-order chi connectivity index (χ0) is 21.9. The molecule has 0 spiro atoms. The third kappa shape index (κ3) is 5.37. The zero-order valence-corrected chi connectivity index (χ0v) is 17.6. The number of hydrogen-bond donors (Lipinski definition) is 2. The van der Waals surface area contributed by atoms with Gasteiger partial charge in [-0.05, 0) is 39.8 Å². The van der Waals surface area contributed by atoms with Gasteiger partial charge in [-0.3, -0.25) is 14.7 Å². The summed E-state index contributed by atoms with van der Waals surface area (Å²) < 4.78 is 15.8. The molecule has 0 bridgehead atoms.